The van der Waals surface area contributed by atoms with Crippen LogP contribution in [0.5, 0.6) is 0 Å². The first-order valence-corrected chi connectivity index (χ1v) is 5.75. The Morgan fingerprint density at radius 2 is 2.24 bits per heavy atom. The summed E-state index contributed by atoms with van der Waals surface area (Å²) >= 11 is 0. The smallest absolute Gasteiger partial charge is 0.231 e. The van der Waals surface area contributed by atoms with E-state index in [0.717, 1.165) is 6.42 Å². The summed E-state index contributed by atoms with van der Waals surface area (Å²) in [5, 5.41) is 0. The van der Waals surface area contributed by atoms with Crippen LogP contribution in [-0.2, 0) is 9.59 Å². The van der Waals surface area contributed by atoms with Gasteiger partial charge in [0.05, 0.1) is 12.0 Å². The molecule has 1 heterocycles. The highest BCUT2D eigenvalue weighted by atomic mass is 16.2. The van der Waals surface area contributed by atoms with E-state index >= 15 is 0 Å². The summed E-state index contributed by atoms with van der Waals surface area (Å²) in [4.78, 5) is 28.6. The second-order valence-electron chi connectivity index (χ2n) is 5.47. The van der Waals surface area contributed by atoms with Crippen LogP contribution in [0.2, 0.25) is 0 Å². The average molecular weight is 238 g/mol. The van der Waals surface area contributed by atoms with Gasteiger partial charge in [0.1, 0.15) is 0 Å². The minimum atomic E-state index is -0.426. The second kappa shape index (κ2) is 3.72. The molecule has 4 N–H and O–H groups in total. The van der Waals surface area contributed by atoms with E-state index in [1.54, 1.807) is 0 Å². The minimum absolute atomic E-state index is 0.0300. The number of hydrogen-bond donors (Lipinski definition) is 2. The lowest BCUT2D eigenvalue weighted by atomic mass is 9.99. The molecule has 2 amide bonds. The van der Waals surface area contributed by atoms with E-state index in [9.17, 15) is 9.59 Å². The molecule has 0 spiro atoms. The van der Waals surface area contributed by atoms with Gasteiger partial charge in [0.2, 0.25) is 11.8 Å². The molecule has 2 atom stereocenters. The van der Waals surface area contributed by atoms with E-state index in [1.807, 2.05) is 13.8 Å². The largest absolute Gasteiger partial charge is 0.369 e. The van der Waals surface area contributed by atoms with E-state index in [4.69, 9.17) is 11.5 Å². The number of rotatable bonds is 3. The van der Waals surface area contributed by atoms with Gasteiger partial charge in [-0.1, -0.05) is 0 Å². The van der Waals surface area contributed by atoms with Crippen molar-refractivity contribution in [1.29, 1.82) is 0 Å². The fraction of sp³-hybridized carbons (Fsp3) is 0.727. The molecule has 17 heavy (non-hydrogen) atoms. The van der Waals surface area contributed by atoms with Gasteiger partial charge in [-0.25, -0.2) is 4.99 Å². The van der Waals surface area contributed by atoms with Crippen molar-refractivity contribution in [1.82, 2.24) is 4.90 Å². The maximum Gasteiger partial charge on any atom is 0.231 e. The Labute approximate surface area is 100 Å². The van der Waals surface area contributed by atoms with E-state index in [2.05, 4.69) is 4.99 Å². The summed E-state index contributed by atoms with van der Waals surface area (Å²) in [6.45, 7) is 4.20. The van der Waals surface area contributed by atoms with Crippen LogP contribution in [0.15, 0.2) is 4.99 Å². The van der Waals surface area contributed by atoms with Gasteiger partial charge in [0.15, 0.2) is 5.96 Å². The lowest BCUT2D eigenvalue weighted by Gasteiger charge is -2.32. The van der Waals surface area contributed by atoms with Gasteiger partial charge in [-0.05, 0) is 26.2 Å². The molecule has 2 aliphatic rings. The third-order valence-electron chi connectivity index (χ3n) is 3.28. The highest BCUT2D eigenvalue weighted by molar-refractivity contribution is 5.99. The van der Waals surface area contributed by atoms with Crippen molar-refractivity contribution in [2.75, 3.05) is 6.54 Å². The van der Waals surface area contributed by atoms with Crippen LogP contribution in [0, 0.1) is 11.8 Å². The van der Waals surface area contributed by atoms with Gasteiger partial charge >= 0.3 is 0 Å². The Bertz CT molecular complexity index is 402. The van der Waals surface area contributed by atoms with Crippen LogP contribution in [0.1, 0.15) is 26.7 Å². The van der Waals surface area contributed by atoms with Crippen molar-refractivity contribution in [3.05, 3.63) is 0 Å². The van der Waals surface area contributed by atoms with Crippen molar-refractivity contribution in [3.8, 4) is 0 Å². The molecule has 94 valence electrons. The lowest BCUT2D eigenvalue weighted by molar-refractivity contribution is -0.129. The molecule has 1 unspecified atom stereocenters. The van der Waals surface area contributed by atoms with Crippen molar-refractivity contribution in [3.63, 3.8) is 0 Å². The van der Waals surface area contributed by atoms with Crippen LogP contribution >= 0.6 is 0 Å². The lowest BCUT2D eigenvalue weighted by Crippen LogP contribution is -2.50. The topological polar surface area (TPSA) is 102 Å². The third kappa shape index (κ3) is 2.40. The normalized spacial score (nSPS) is 31.1. The van der Waals surface area contributed by atoms with Gasteiger partial charge in [-0.15, -0.1) is 0 Å². The standard InChI is InChI=1S/C11H18N4O2/c1-11(2)4-8(16)15(10(13)14-11)5-6-3-7(6)9(12)17/h6-7H,3-5H2,1-2H3,(H2,12,17)(H2,13,14)/t6?,7-/m1/s1. The average Bonchev–Trinajstić information content (AvgIpc) is 2.88. The number of nitrogens with zero attached hydrogens (tertiary/aromatic N) is 2. The fourth-order valence-electron chi connectivity index (χ4n) is 2.23. The molecule has 1 fully saturated rings. The molecule has 2 rings (SSSR count). The minimum Gasteiger partial charge on any atom is -0.369 e. The predicted octanol–water partition coefficient (Wildman–Crippen LogP) is -0.567. The monoisotopic (exact) mass is 238 g/mol. The SMILES string of the molecule is CC1(C)CC(=O)N(CC2C[C@H]2C(N)=O)C(N)=N1. The first-order chi connectivity index (χ1) is 7.80. The summed E-state index contributed by atoms with van der Waals surface area (Å²) in [6.07, 6.45) is 1.09. The number of carbonyl (C=O) groups excluding carboxylic acids is 2. The number of carbonyl (C=O) groups is 2. The summed E-state index contributed by atoms with van der Waals surface area (Å²) < 4.78 is 0. The van der Waals surface area contributed by atoms with Crippen LogP contribution in [0.4, 0.5) is 0 Å². The van der Waals surface area contributed by atoms with Gasteiger partial charge in [0.25, 0.3) is 0 Å². The highest BCUT2D eigenvalue weighted by Gasteiger charge is 2.45. The van der Waals surface area contributed by atoms with Gasteiger partial charge < -0.3 is 11.5 Å². The molecule has 6 heteroatoms. The van der Waals surface area contributed by atoms with Crippen LogP contribution < -0.4 is 11.5 Å². The zero-order chi connectivity index (χ0) is 12.8. The summed E-state index contributed by atoms with van der Waals surface area (Å²) in [5.74, 6) is -0.0359. The summed E-state index contributed by atoms with van der Waals surface area (Å²) in [6, 6.07) is 0. The first-order valence-electron chi connectivity index (χ1n) is 5.75. The Morgan fingerprint density at radius 3 is 2.71 bits per heavy atom. The molecule has 6 nitrogen and oxygen atoms in total. The molecule has 0 aromatic carbocycles. The van der Waals surface area contributed by atoms with Crippen LogP contribution in [-0.4, -0.2) is 34.8 Å². The Hall–Kier alpha value is -1.59. The van der Waals surface area contributed by atoms with E-state index in [0.29, 0.717) is 13.0 Å². The van der Waals surface area contributed by atoms with Gasteiger partial charge in [0, 0.05) is 12.5 Å². The number of guanidine groups is 1. The number of hydrogen-bond acceptors (Lipinski definition) is 4. The quantitative estimate of drug-likeness (QED) is 0.688. The van der Waals surface area contributed by atoms with Crippen molar-refractivity contribution in [2.45, 2.75) is 32.2 Å². The third-order valence-corrected chi connectivity index (χ3v) is 3.28. The van der Waals surface area contributed by atoms with E-state index in [-0.39, 0.29) is 29.6 Å². The molecular weight excluding hydrogens is 220 g/mol. The zero-order valence-electron chi connectivity index (χ0n) is 10.1. The number of primary amides is 1. The first kappa shape index (κ1) is 11.9. The van der Waals surface area contributed by atoms with Gasteiger partial charge in [-0.2, -0.15) is 0 Å². The van der Waals surface area contributed by atoms with Crippen LogP contribution in [0.25, 0.3) is 0 Å². The Balaban J connectivity index is 2.03. The maximum atomic E-state index is 11.9. The number of amides is 2. The zero-order valence-corrected chi connectivity index (χ0v) is 10.1. The molecule has 0 aromatic heterocycles. The molecule has 0 bridgehead atoms. The summed E-state index contributed by atoms with van der Waals surface area (Å²) in [7, 11) is 0. The van der Waals surface area contributed by atoms with E-state index < -0.39 is 5.54 Å². The second-order valence-corrected chi connectivity index (χ2v) is 5.47. The van der Waals surface area contributed by atoms with E-state index in [1.165, 1.54) is 4.90 Å². The molecule has 0 aromatic rings. The number of nitrogens with two attached hydrogens (primary N) is 2. The van der Waals surface area contributed by atoms with Gasteiger partial charge in [-0.3, -0.25) is 14.5 Å². The molecule has 1 aliphatic heterocycles. The Morgan fingerprint density at radius 1 is 1.59 bits per heavy atom. The molecule has 1 aliphatic carbocycles. The fourth-order valence-corrected chi connectivity index (χ4v) is 2.23. The molecule has 1 saturated carbocycles. The Kier molecular flexibility index (Phi) is 2.60. The van der Waals surface area contributed by atoms with Crippen molar-refractivity contribution >= 4 is 17.8 Å². The number of aliphatic imine (C=N–C) groups is 1. The molecule has 0 saturated heterocycles. The predicted molar refractivity (Wildman–Crippen MR) is 62.8 cm³/mol. The van der Waals surface area contributed by atoms with Crippen LogP contribution in [0.3, 0.4) is 0 Å². The van der Waals surface area contributed by atoms with Crippen molar-refractivity contribution < 1.29 is 9.59 Å². The molecular formula is C11H18N4O2. The van der Waals surface area contributed by atoms with Crippen molar-refractivity contribution in [2.24, 2.45) is 28.3 Å². The maximum absolute atomic E-state index is 11.9. The highest BCUT2D eigenvalue weighted by Crippen LogP contribution is 2.39. The molecule has 0 radical (unpaired) electrons. The summed E-state index contributed by atoms with van der Waals surface area (Å²) in [5.41, 5.74) is 10.6.